The van der Waals surface area contributed by atoms with Gasteiger partial charge in [-0.05, 0) is 48.7 Å². The fourth-order valence-electron chi connectivity index (χ4n) is 3.20. The van der Waals surface area contributed by atoms with Crippen molar-refractivity contribution in [2.24, 2.45) is 0 Å². The summed E-state index contributed by atoms with van der Waals surface area (Å²) in [5.74, 6) is 1.67. The molecule has 0 aromatic heterocycles. The Morgan fingerprint density at radius 1 is 0.919 bits per heavy atom. The number of hydrogen-bond acceptors (Lipinski definition) is 8. The zero-order chi connectivity index (χ0) is 26.7. The van der Waals surface area contributed by atoms with Gasteiger partial charge >= 0.3 is 5.97 Å². The Morgan fingerprint density at radius 3 is 2.43 bits per heavy atom. The van der Waals surface area contributed by atoms with E-state index in [1.54, 1.807) is 7.11 Å². The lowest BCUT2D eigenvalue weighted by Crippen LogP contribution is -2.11. The van der Waals surface area contributed by atoms with Crippen molar-refractivity contribution in [3.05, 3.63) is 66.2 Å². The van der Waals surface area contributed by atoms with Crippen molar-refractivity contribution in [2.75, 3.05) is 53.5 Å². The van der Waals surface area contributed by atoms with Crippen LogP contribution in [0, 0.1) is 0 Å². The Labute approximate surface area is 220 Å². The number of methoxy groups -OCH3 is 1. The smallest absolute Gasteiger partial charge is 0.330 e. The SMILES string of the molecule is C=CC(=O)OCCOC(C)c1ccc(OCCc2ccc(OCOCCOC)cc2)c(OCCCC)c1. The van der Waals surface area contributed by atoms with Gasteiger partial charge in [-0.1, -0.05) is 38.1 Å². The fourth-order valence-corrected chi connectivity index (χ4v) is 3.20. The highest BCUT2D eigenvalue weighted by Crippen LogP contribution is 2.32. The highest BCUT2D eigenvalue weighted by molar-refractivity contribution is 5.81. The van der Waals surface area contributed by atoms with Crippen molar-refractivity contribution in [1.82, 2.24) is 0 Å². The molecular weight excluding hydrogens is 476 g/mol. The third-order valence-electron chi connectivity index (χ3n) is 5.37. The molecule has 0 aliphatic rings. The predicted molar refractivity (Wildman–Crippen MR) is 141 cm³/mol. The van der Waals surface area contributed by atoms with Crippen molar-refractivity contribution in [3.63, 3.8) is 0 Å². The van der Waals surface area contributed by atoms with Crippen molar-refractivity contribution in [1.29, 1.82) is 0 Å². The van der Waals surface area contributed by atoms with Crippen LogP contribution in [0.1, 0.15) is 43.9 Å². The molecule has 0 bridgehead atoms. The minimum Gasteiger partial charge on any atom is -0.490 e. The Hall–Kier alpha value is -3.07. The molecule has 0 N–H and O–H groups in total. The molecule has 0 aliphatic heterocycles. The number of esters is 1. The van der Waals surface area contributed by atoms with Crippen LogP contribution in [0.4, 0.5) is 0 Å². The van der Waals surface area contributed by atoms with Crippen molar-refractivity contribution in [3.8, 4) is 17.2 Å². The summed E-state index contributed by atoms with van der Waals surface area (Å²) in [6, 6.07) is 13.7. The summed E-state index contributed by atoms with van der Waals surface area (Å²) in [6.07, 6.45) is 3.67. The van der Waals surface area contributed by atoms with Gasteiger partial charge in [0.05, 0.1) is 39.1 Å². The second kappa shape index (κ2) is 18.2. The number of benzene rings is 2. The van der Waals surface area contributed by atoms with E-state index >= 15 is 0 Å². The first-order valence-corrected chi connectivity index (χ1v) is 12.7. The van der Waals surface area contributed by atoms with Crippen LogP contribution in [0.25, 0.3) is 0 Å². The molecule has 0 saturated heterocycles. The summed E-state index contributed by atoms with van der Waals surface area (Å²) in [6.45, 7) is 10.2. The van der Waals surface area contributed by atoms with Crippen LogP contribution in [-0.2, 0) is 30.2 Å². The Balaban J connectivity index is 1.87. The lowest BCUT2D eigenvalue weighted by atomic mass is 10.1. The number of unbranched alkanes of at least 4 members (excludes halogenated alkanes) is 1. The molecule has 1 atom stereocenters. The first-order valence-electron chi connectivity index (χ1n) is 12.7. The minimum absolute atomic E-state index is 0.172. The molecule has 37 heavy (non-hydrogen) atoms. The fraction of sp³-hybridized carbons (Fsp3) is 0.483. The van der Waals surface area contributed by atoms with Gasteiger partial charge in [0.25, 0.3) is 0 Å². The molecule has 2 rings (SSSR count). The summed E-state index contributed by atoms with van der Waals surface area (Å²) in [5.41, 5.74) is 2.09. The molecule has 2 aromatic carbocycles. The molecule has 204 valence electrons. The van der Waals surface area contributed by atoms with Gasteiger partial charge in [0.15, 0.2) is 18.3 Å². The quantitative estimate of drug-likeness (QED) is 0.102. The Kier molecular flexibility index (Phi) is 14.8. The highest BCUT2D eigenvalue weighted by Gasteiger charge is 2.12. The maximum atomic E-state index is 11.2. The summed E-state index contributed by atoms with van der Waals surface area (Å²) < 4.78 is 38.7. The molecule has 0 aliphatic carbocycles. The standard InChI is InChI=1S/C29H40O8/c1-5-7-15-34-28-21-25(23(3)33-19-20-36-29(30)6-2)10-13-27(28)35-16-14-24-8-11-26(12-9-24)37-22-32-18-17-31-4/h6,8-13,21,23H,2,5,7,14-20,22H2,1,3-4H3. The van der Waals surface area contributed by atoms with Crippen LogP contribution >= 0.6 is 0 Å². The van der Waals surface area contributed by atoms with Crippen molar-refractivity contribution < 1.29 is 38.0 Å². The number of ether oxygens (including phenoxy) is 7. The average Bonchev–Trinajstić information content (AvgIpc) is 2.92. The van der Waals surface area contributed by atoms with Gasteiger partial charge < -0.3 is 33.2 Å². The summed E-state index contributed by atoms with van der Waals surface area (Å²) in [7, 11) is 1.63. The minimum atomic E-state index is -0.461. The number of carbonyl (C=O) groups is 1. The van der Waals surface area contributed by atoms with Crippen LogP contribution in [-0.4, -0.2) is 59.5 Å². The highest BCUT2D eigenvalue weighted by atomic mass is 16.7. The van der Waals surface area contributed by atoms with E-state index in [1.807, 2.05) is 49.4 Å². The van der Waals surface area contributed by atoms with Gasteiger partial charge in [-0.2, -0.15) is 0 Å². The Bertz CT molecular complexity index is 913. The number of hydrogen-bond donors (Lipinski definition) is 0. The molecular formula is C29H40O8. The third-order valence-corrected chi connectivity index (χ3v) is 5.37. The summed E-state index contributed by atoms with van der Waals surface area (Å²) >= 11 is 0. The van der Waals surface area contributed by atoms with Crippen molar-refractivity contribution in [2.45, 2.75) is 39.2 Å². The number of rotatable bonds is 20. The van der Waals surface area contributed by atoms with E-state index in [0.29, 0.717) is 37.9 Å². The van der Waals surface area contributed by atoms with Gasteiger partial charge in [-0.3, -0.25) is 0 Å². The molecule has 0 heterocycles. The van der Waals surface area contributed by atoms with Crippen LogP contribution in [0.3, 0.4) is 0 Å². The maximum absolute atomic E-state index is 11.2. The topological polar surface area (TPSA) is 81.7 Å². The van der Waals surface area contributed by atoms with Crippen LogP contribution in [0.5, 0.6) is 17.2 Å². The van der Waals surface area contributed by atoms with Gasteiger partial charge in [0.1, 0.15) is 12.4 Å². The van der Waals surface area contributed by atoms with Crippen LogP contribution in [0.15, 0.2) is 55.1 Å². The third kappa shape index (κ3) is 12.1. The zero-order valence-corrected chi connectivity index (χ0v) is 22.2. The molecule has 0 saturated carbocycles. The normalized spacial score (nSPS) is 11.5. The van der Waals surface area contributed by atoms with E-state index in [4.69, 9.17) is 33.2 Å². The van der Waals surface area contributed by atoms with E-state index < -0.39 is 5.97 Å². The van der Waals surface area contributed by atoms with Crippen LogP contribution in [0.2, 0.25) is 0 Å². The van der Waals surface area contributed by atoms with E-state index in [0.717, 1.165) is 42.2 Å². The van der Waals surface area contributed by atoms with Gasteiger partial charge in [0, 0.05) is 19.6 Å². The van der Waals surface area contributed by atoms with Crippen molar-refractivity contribution >= 4 is 5.97 Å². The van der Waals surface area contributed by atoms with Gasteiger partial charge in [0.2, 0.25) is 0 Å². The molecule has 0 amide bonds. The lowest BCUT2D eigenvalue weighted by molar-refractivity contribution is -0.139. The Morgan fingerprint density at radius 2 is 1.70 bits per heavy atom. The molecule has 0 fully saturated rings. The first kappa shape index (κ1) is 30.2. The van der Waals surface area contributed by atoms with Gasteiger partial charge in [-0.15, -0.1) is 0 Å². The molecule has 2 aromatic rings. The second-order valence-electron chi connectivity index (χ2n) is 8.20. The van der Waals surface area contributed by atoms with E-state index in [9.17, 15) is 4.79 Å². The first-order chi connectivity index (χ1) is 18.1. The van der Waals surface area contributed by atoms with Gasteiger partial charge in [-0.25, -0.2) is 4.79 Å². The molecule has 8 nitrogen and oxygen atoms in total. The molecule has 8 heteroatoms. The monoisotopic (exact) mass is 516 g/mol. The average molecular weight is 517 g/mol. The zero-order valence-electron chi connectivity index (χ0n) is 22.2. The predicted octanol–water partition coefficient (Wildman–Crippen LogP) is 5.29. The molecule has 0 spiro atoms. The summed E-state index contributed by atoms with van der Waals surface area (Å²) in [5, 5.41) is 0. The second-order valence-corrected chi connectivity index (χ2v) is 8.20. The maximum Gasteiger partial charge on any atom is 0.330 e. The molecule has 0 radical (unpaired) electrons. The largest absolute Gasteiger partial charge is 0.490 e. The van der Waals surface area contributed by atoms with Crippen LogP contribution < -0.4 is 14.2 Å². The molecule has 1 unspecified atom stereocenters. The number of carbonyl (C=O) groups excluding carboxylic acids is 1. The van der Waals surface area contributed by atoms with E-state index in [-0.39, 0.29) is 26.1 Å². The summed E-state index contributed by atoms with van der Waals surface area (Å²) in [4.78, 5) is 11.2. The lowest BCUT2D eigenvalue weighted by Gasteiger charge is -2.18. The van der Waals surface area contributed by atoms with E-state index in [2.05, 4.69) is 13.5 Å². The van der Waals surface area contributed by atoms with E-state index in [1.165, 1.54) is 0 Å².